The molecule has 0 aromatic heterocycles. The molecule has 0 spiro atoms. The van der Waals surface area contributed by atoms with Crippen molar-refractivity contribution in [2.24, 2.45) is 0 Å². The summed E-state index contributed by atoms with van der Waals surface area (Å²) in [4.78, 5) is 23.2. The Balaban J connectivity index is 2.21. The predicted octanol–water partition coefficient (Wildman–Crippen LogP) is 4.86. The molecule has 0 saturated heterocycles. The average molecular weight is 389 g/mol. The molecule has 0 aliphatic carbocycles. The van der Waals surface area contributed by atoms with E-state index in [-0.39, 0.29) is 23.0 Å². The van der Waals surface area contributed by atoms with Crippen LogP contribution in [0.15, 0.2) is 42.5 Å². The maximum absolute atomic E-state index is 12.8. The lowest BCUT2D eigenvalue weighted by atomic mass is 10.0. The molecule has 0 fully saturated rings. The van der Waals surface area contributed by atoms with Crippen LogP contribution in [0.1, 0.15) is 44.3 Å². The van der Waals surface area contributed by atoms with Crippen molar-refractivity contribution in [3.8, 4) is 0 Å². The fraction of sp³-hybridized carbons (Fsp3) is 0.222. The van der Waals surface area contributed by atoms with Crippen molar-refractivity contribution in [3.05, 3.63) is 70.3 Å². The Labute approximate surface area is 150 Å². The van der Waals surface area contributed by atoms with Crippen molar-refractivity contribution in [1.29, 1.82) is 0 Å². The number of carbonyl (C=O) groups excluding carboxylic acids is 2. The number of nitrogens with one attached hydrogen (secondary N) is 1. The van der Waals surface area contributed by atoms with Crippen molar-refractivity contribution >= 4 is 11.7 Å². The summed E-state index contributed by atoms with van der Waals surface area (Å²) in [5.74, 6) is -0.915. The molecule has 0 saturated carbocycles. The number of benzene rings is 2. The summed E-state index contributed by atoms with van der Waals surface area (Å²) >= 11 is 0. The van der Waals surface area contributed by atoms with Crippen LogP contribution in [0.3, 0.4) is 0 Å². The highest BCUT2D eigenvalue weighted by Gasteiger charge is 2.36. The lowest BCUT2D eigenvalue weighted by molar-refractivity contribution is -0.143. The maximum atomic E-state index is 12.8. The van der Waals surface area contributed by atoms with Gasteiger partial charge in [-0.25, -0.2) is 0 Å². The van der Waals surface area contributed by atoms with E-state index in [9.17, 15) is 35.9 Å². The first kappa shape index (κ1) is 20.5. The lowest BCUT2D eigenvalue weighted by Gasteiger charge is -2.14. The fourth-order valence-electron chi connectivity index (χ4n) is 2.26. The summed E-state index contributed by atoms with van der Waals surface area (Å²) in [7, 11) is 0. The Morgan fingerprint density at radius 1 is 0.815 bits per heavy atom. The second-order valence-corrected chi connectivity index (χ2v) is 5.73. The van der Waals surface area contributed by atoms with E-state index in [1.54, 1.807) is 0 Å². The van der Waals surface area contributed by atoms with Gasteiger partial charge in [0.2, 0.25) is 0 Å². The van der Waals surface area contributed by atoms with Gasteiger partial charge in [-0.2, -0.15) is 26.3 Å². The zero-order chi connectivity index (χ0) is 20.4. The van der Waals surface area contributed by atoms with Crippen LogP contribution in [-0.4, -0.2) is 11.7 Å². The summed E-state index contributed by atoms with van der Waals surface area (Å²) < 4.78 is 76.9. The maximum Gasteiger partial charge on any atom is 0.416 e. The van der Waals surface area contributed by atoms with Crippen LogP contribution in [-0.2, 0) is 18.9 Å². The minimum absolute atomic E-state index is 0.0196. The highest BCUT2D eigenvalue weighted by atomic mass is 19.4. The third kappa shape index (κ3) is 5.32. The third-order valence-corrected chi connectivity index (χ3v) is 3.65. The van der Waals surface area contributed by atoms with Crippen molar-refractivity contribution in [2.45, 2.75) is 25.8 Å². The van der Waals surface area contributed by atoms with Crippen LogP contribution in [0.5, 0.6) is 0 Å². The number of carbonyl (C=O) groups is 2. The molecular weight excluding hydrogens is 376 g/mol. The molecule has 9 heteroatoms. The molecule has 0 unspecified atom stereocenters. The fourth-order valence-corrected chi connectivity index (χ4v) is 2.26. The SMILES string of the molecule is CC(=O)c1ccc(C(=O)NCc2cc(C(F)(F)F)cc(C(F)(F)F)c2)cc1. The Kier molecular flexibility index (Phi) is 5.62. The van der Waals surface area contributed by atoms with E-state index in [4.69, 9.17) is 0 Å². The number of alkyl halides is 6. The number of rotatable bonds is 4. The van der Waals surface area contributed by atoms with Gasteiger partial charge in [-0.15, -0.1) is 0 Å². The number of ketones is 1. The van der Waals surface area contributed by atoms with E-state index >= 15 is 0 Å². The molecule has 0 aliphatic rings. The van der Waals surface area contributed by atoms with Gasteiger partial charge < -0.3 is 5.32 Å². The van der Waals surface area contributed by atoms with Crippen molar-refractivity contribution in [2.75, 3.05) is 0 Å². The molecular formula is C18H13F6NO2. The zero-order valence-corrected chi connectivity index (χ0v) is 13.8. The molecule has 2 rings (SSSR count). The van der Waals surface area contributed by atoms with E-state index in [0.717, 1.165) is 0 Å². The van der Waals surface area contributed by atoms with E-state index in [0.29, 0.717) is 17.7 Å². The molecule has 27 heavy (non-hydrogen) atoms. The zero-order valence-electron chi connectivity index (χ0n) is 13.8. The second kappa shape index (κ2) is 7.42. The Hall–Kier alpha value is -2.84. The lowest BCUT2D eigenvalue weighted by Crippen LogP contribution is -2.23. The Morgan fingerprint density at radius 3 is 1.67 bits per heavy atom. The third-order valence-electron chi connectivity index (χ3n) is 3.65. The van der Waals surface area contributed by atoms with Gasteiger partial charge >= 0.3 is 12.4 Å². The van der Waals surface area contributed by atoms with Crippen molar-refractivity contribution < 1.29 is 35.9 Å². The molecule has 0 aliphatic heterocycles. The number of halogens is 6. The molecule has 144 valence electrons. The van der Waals surface area contributed by atoms with Gasteiger partial charge in [-0.05, 0) is 42.8 Å². The van der Waals surface area contributed by atoms with Crippen LogP contribution in [0, 0.1) is 0 Å². The van der Waals surface area contributed by atoms with Crippen LogP contribution < -0.4 is 5.32 Å². The Morgan fingerprint density at radius 2 is 1.26 bits per heavy atom. The summed E-state index contributed by atoms with van der Waals surface area (Å²) in [6, 6.07) is 6.57. The van der Waals surface area contributed by atoms with E-state index in [2.05, 4.69) is 5.32 Å². The van der Waals surface area contributed by atoms with E-state index < -0.39 is 35.9 Å². The molecule has 1 amide bonds. The van der Waals surface area contributed by atoms with Crippen LogP contribution >= 0.6 is 0 Å². The minimum Gasteiger partial charge on any atom is -0.348 e. The monoisotopic (exact) mass is 389 g/mol. The van der Waals surface area contributed by atoms with E-state index in [1.807, 2.05) is 0 Å². The quantitative estimate of drug-likeness (QED) is 0.600. The molecule has 0 atom stereocenters. The minimum atomic E-state index is -4.96. The van der Waals surface area contributed by atoms with Crippen molar-refractivity contribution in [3.63, 3.8) is 0 Å². The van der Waals surface area contributed by atoms with Gasteiger partial charge in [0.25, 0.3) is 5.91 Å². The molecule has 3 nitrogen and oxygen atoms in total. The largest absolute Gasteiger partial charge is 0.416 e. The first-order chi connectivity index (χ1) is 12.4. The molecule has 2 aromatic carbocycles. The number of hydrogen-bond donors (Lipinski definition) is 1. The number of Topliss-reactive ketones (excluding diaryl/α,β-unsaturated/α-hetero) is 1. The number of amides is 1. The van der Waals surface area contributed by atoms with Gasteiger partial charge in [0.1, 0.15) is 0 Å². The van der Waals surface area contributed by atoms with E-state index in [1.165, 1.54) is 31.2 Å². The Bertz CT molecular complexity index is 821. The van der Waals surface area contributed by atoms with Gasteiger partial charge in [0.15, 0.2) is 5.78 Å². The predicted molar refractivity (Wildman–Crippen MR) is 84.1 cm³/mol. The van der Waals surface area contributed by atoms with Crippen LogP contribution in [0.25, 0.3) is 0 Å². The molecule has 1 N–H and O–H groups in total. The van der Waals surface area contributed by atoms with Gasteiger partial charge in [-0.3, -0.25) is 9.59 Å². The van der Waals surface area contributed by atoms with Crippen molar-refractivity contribution in [1.82, 2.24) is 5.32 Å². The number of hydrogen-bond acceptors (Lipinski definition) is 2. The molecule has 0 bridgehead atoms. The first-order valence-electron chi connectivity index (χ1n) is 7.55. The van der Waals surface area contributed by atoms with Crippen LogP contribution in [0.4, 0.5) is 26.3 Å². The highest BCUT2D eigenvalue weighted by molar-refractivity contribution is 5.97. The normalized spacial score (nSPS) is 12.0. The van der Waals surface area contributed by atoms with Crippen LogP contribution in [0.2, 0.25) is 0 Å². The standard InChI is InChI=1S/C18H13F6NO2/c1-10(26)12-2-4-13(5-3-12)16(27)25-9-11-6-14(17(19,20)21)8-15(7-11)18(22,23)24/h2-8H,9H2,1H3,(H,25,27). The summed E-state index contributed by atoms with van der Waals surface area (Å²) in [5, 5.41) is 2.26. The molecule has 2 aromatic rings. The average Bonchev–Trinajstić information content (AvgIpc) is 2.58. The van der Waals surface area contributed by atoms with Gasteiger partial charge in [-0.1, -0.05) is 12.1 Å². The topological polar surface area (TPSA) is 46.2 Å². The van der Waals surface area contributed by atoms with Gasteiger partial charge in [0, 0.05) is 17.7 Å². The smallest absolute Gasteiger partial charge is 0.348 e. The second-order valence-electron chi connectivity index (χ2n) is 5.73. The van der Waals surface area contributed by atoms with Gasteiger partial charge in [0.05, 0.1) is 11.1 Å². The molecule has 0 heterocycles. The molecule has 0 radical (unpaired) electrons. The highest BCUT2D eigenvalue weighted by Crippen LogP contribution is 2.36. The summed E-state index contributed by atoms with van der Waals surface area (Å²) in [5.41, 5.74) is -2.77. The summed E-state index contributed by atoms with van der Waals surface area (Å²) in [6.07, 6.45) is -9.91. The first-order valence-corrected chi connectivity index (χ1v) is 7.55. The summed E-state index contributed by atoms with van der Waals surface area (Å²) in [6.45, 7) is 0.807.